The predicted molar refractivity (Wildman–Crippen MR) is 274 cm³/mol. The van der Waals surface area contributed by atoms with Gasteiger partial charge in [-0.2, -0.15) is 0 Å². The van der Waals surface area contributed by atoms with Gasteiger partial charge in [0.2, 0.25) is 0 Å². The fraction of sp³-hybridized carbons (Fsp3) is 0.226. The molecule has 0 radical (unpaired) electrons. The van der Waals surface area contributed by atoms with E-state index >= 15 is 0 Å². The molecule has 0 saturated heterocycles. The van der Waals surface area contributed by atoms with Crippen molar-refractivity contribution in [3.8, 4) is 33.4 Å². The summed E-state index contributed by atoms with van der Waals surface area (Å²) in [6, 6.07) is 56.4. The molecule has 320 valence electrons. The molecule has 3 nitrogen and oxygen atoms in total. The Hall–Kier alpha value is -6.84. The molecule has 0 atom stereocenters. The molecule has 0 N–H and O–H groups in total. The molecule has 0 unspecified atom stereocenters. The highest BCUT2D eigenvalue weighted by Crippen LogP contribution is 2.56. The monoisotopic (exact) mass is 845 g/mol. The number of fused-ring (bicyclic) bond motifs is 13. The van der Waals surface area contributed by atoms with Gasteiger partial charge in [0.1, 0.15) is 22.3 Å². The van der Waals surface area contributed by atoms with Crippen LogP contribution in [0.15, 0.2) is 160 Å². The molecule has 3 heteroatoms. The zero-order valence-electron chi connectivity index (χ0n) is 39.2. The summed E-state index contributed by atoms with van der Waals surface area (Å²) in [5.41, 5.74) is 21.8. The van der Waals surface area contributed by atoms with Crippen LogP contribution in [0.2, 0.25) is 0 Å². The van der Waals surface area contributed by atoms with E-state index in [1.54, 1.807) is 0 Å². The van der Waals surface area contributed by atoms with Crippen LogP contribution in [-0.2, 0) is 21.7 Å². The summed E-state index contributed by atoms with van der Waals surface area (Å²) in [5, 5.41) is 4.65. The van der Waals surface area contributed by atoms with Gasteiger partial charge in [-0.3, -0.25) is 0 Å². The lowest BCUT2D eigenvalue weighted by atomic mass is 9.79. The van der Waals surface area contributed by atoms with Crippen LogP contribution < -0.4 is 4.90 Å². The maximum atomic E-state index is 7.23. The predicted octanol–water partition coefficient (Wildman–Crippen LogP) is 17.8. The van der Waals surface area contributed by atoms with Gasteiger partial charge in [-0.25, -0.2) is 0 Å². The topological polar surface area (TPSA) is 29.5 Å². The summed E-state index contributed by atoms with van der Waals surface area (Å²) in [6.45, 7) is 23.3. The summed E-state index contributed by atoms with van der Waals surface area (Å²) in [6.07, 6.45) is 0. The van der Waals surface area contributed by atoms with Gasteiger partial charge in [-0.1, -0.05) is 172 Å². The summed E-state index contributed by atoms with van der Waals surface area (Å²) in [4.78, 5) is 2.45. The lowest BCUT2D eigenvalue weighted by molar-refractivity contribution is 0.559. The Morgan fingerprint density at radius 1 is 0.400 bits per heavy atom. The molecule has 0 saturated carbocycles. The second-order valence-corrected chi connectivity index (χ2v) is 21.8. The largest absolute Gasteiger partial charge is 0.455 e. The van der Waals surface area contributed by atoms with Crippen molar-refractivity contribution in [1.82, 2.24) is 0 Å². The van der Waals surface area contributed by atoms with Gasteiger partial charge in [0.25, 0.3) is 0 Å². The van der Waals surface area contributed by atoms with Crippen molar-refractivity contribution in [2.75, 3.05) is 4.90 Å². The first-order chi connectivity index (χ1) is 31.0. The normalized spacial score (nSPS) is 14.9. The van der Waals surface area contributed by atoms with Crippen molar-refractivity contribution in [2.45, 2.75) is 90.9 Å². The van der Waals surface area contributed by atoms with Crippen molar-refractivity contribution in [1.29, 1.82) is 0 Å². The van der Waals surface area contributed by atoms with Gasteiger partial charge in [0, 0.05) is 66.1 Å². The summed E-state index contributed by atoms with van der Waals surface area (Å²) in [7, 11) is 0. The SMILES string of the molecule is CC(C)(C)c1cc(C(C)(C)C)c2oc3c4c(ccc3c2c1)C(C)(C)c1ccc(N(c2ccc(-c3cccc5c3oc3ccccc35)cc2)c2ccc3c(c2)C(C)(C)c2ccccc2-3)cc1-4. The van der Waals surface area contributed by atoms with E-state index < -0.39 is 0 Å². The van der Waals surface area contributed by atoms with Crippen LogP contribution >= 0.6 is 0 Å². The van der Waals surface area contributed by atoms with E-state index in [9.17, 15) is 0 Å². The fourth-order valence-electron chi connectivity index (χ4n) is 11.3. The molecule has 0 bridgehead atoms. The van der Waals surface area contributed by atoms with Gasteiger partial charge >= 0.3 is 0 Å². The van der Waals surface area contributed by atoms with Gasteiger partial charge in [0.15, 0.2) is 0 Å². The van der Waals surface area contributed by atoms with Crippen LogP contribution in [-0.4, -0.2) is 0 Å². The molecule has 10 aromatic rings. The second kappa shape index (κ2) is 13.4. The van der Waals surface area contributed by atoms with Crippen molar-refractivity contribution in [3.05, 3.63) is 185 Å². The van der Waals surface area contributed by atoms with E-state index in [2.05, 4.69) is 220 Å². The van der Waals surface area contributed by atoms with Crippen LogP contribution in [0, 0.1) is 0 Å². The molecule has 0 spiro atoms. The first-order valence-electron chi connectivity index (χ1n) is 23.2. The van der Waals surface area contributed by atoms with Gasteiger partial charge < -0.3 is 13.7 Å². The summed E-state index contributed by atoms with van der Waals surface area (Å²) >= 11 is 0. The maximum absolute atomic E-state index is 7.23. The first-order valence-corrected chi connectivity index (χ1v) is 23.2. The van der Waals surface area contributed by atoms with Crippen LogP contribution in [0.4, 0.5) is 17.1 Å². The number of hydrogen-bond acceptors (Lipinski definition) is 3. The minimum absolute atomic E-state index is 0.00398. The van der Waals surface area contributed by atoms with Crippen LogP contribution in [0.5, 0.6) is 0 Å². The molecule has 2 aliphatic rings. The Balaban J connectivity index is 1.06. The number of furan rings is 2. The third-order valence-corrected chi connectivity index (χ3v) is 15.0. The lowest BCUT2D eigenvalue weighted by Crippen LogP contribution is -2.17. The van der Waals surface area contributed by atoms with E-state index in [-0.39, 0.29) is 21.7 Å². The molecule has 0 fully saturated rings. The van der Waals surface area contributed by atoms with E-state index in [0.717, 1.165) is 61.3 Å². The molecule has 8 aromatic carbocycles. The zero-order chi connectivity index (χ0) is 44.9. The Morgan fingerprint density at radius 3 is 1.80 bits per heavy atom. The number of anilines is 3. The van der Waals surface area contributed by atoms with Crippen molar-refractivity contribution in [2.24, 2.45) is 0 Å². The zero-order valence-corrected chi connectivity index (χ0v) is 39.2. The number of hydrogen-bond donors (Lipinski definition) is 0. The Kier molecular flexibility index (Phi) is 8.17. The summed E-state index contributed by atoms with van der Waals surface area (Å²) in [5.74, 6) is 0. The minimum Gasteiger partial charge on any atom is -0.455 e. The number of benzene rings is 8. The van der Waals surface area contributed by atoms with E-state index in [0.29, 0.717) is 0 Å². The van der Waals surface area contributed by atoms with Crippen LogP contribution in [0.3, 0.4) is 0 Å². The molecule has 0 aliphatic heterocycles. The van der Waals surface area contributed by atoms with E-state index in [1.165, 1.54) is 66.4 Å². The van der Waals surface area contributed by atoms with Crippen molar-refractivity contribution < 1.29 is 8.83 Å². The number of para-hydroxylation sites is 2. The van der Waals surface area contributed by atoms with Crippen molar-refractivity contribution >= 4 is 60.9 Å². The third-order valence-electron chi connectivity index (χ3n) is 15.0. The Morgan fingerprint density at radius 2 is 1.02 bits per heavy atom. The van der Waals surface area contributed by atoms with E-state index in [1.807, 2.05) is 6.07 Å². The van der Waals surface area contributed by atoms with Gasteiger partial charge in [0.05, 0.1) is 0 Å². The highest BCUT2D eigenvalue weighted by atomic mass is 16.3. The Labute approximate surface area is 382 Å². The molecule has 65 heavy (non-hydrogen) atoms. The molecule has 2 heterocycles. The number of nitrogens with zero attached hydrogens (tertiary/aromatic N) is 1. The summed E-state index contributed by atoms with van der Waals surface area (Å²) < 4.78 is 13.7. The Bertz CT molecular complexity index is 3610. The molecule has 2 aromatic heterocycles. The quantitative estimate of drug-likeness (QED) is 0.177. The second-order valence-electron chi connectivity index (χ2n) is 21.8. The van der Waals surface area contributed by atoms with Crippen molar-refractivity contribution in [3.63, 3.8) is 0 Å². The lowest BCUT2D eigenvalue weighted by Gasteiger charge is -2.29. The fourth-order valence-corrected chi connectivity index (χ4v) is 11.3. The highest BCUT2D eigenvalue weighted by Gasteiger charge is 2.40. The molecule has 0 amide bonds. The third kappa shape index (κ3) is 5.73. The highest BCUT2D eigenvalue weighted by molar-refractivity contribution is 6.13. The molecular weight excluding hydrogens is 791 g/mol. The van der Waals surface area contributed by atoms with Crippen LogP contribution in [0.25, 0.3) is 77.3 Å². The molecular formula is C62H55NO2. The van der Waals surface area contributed by atoms with Gasteiger partial charge in [-0.05, 0) is 109 Å². The van der Waals surface area contributed by atoms with Crippen LogP contribution in [0.1, 0.15) is 103 Å². The van der Waals surface area contributed by atoms with Gasteiger partial charge in [-0.15, -0.1) is 0 Å². The smallest absolute Gasteiger partial charge is 0.143 e. The maximum Gasteiger partial charge on any atom is 0.143 e. The average Bonchev–Trinajstić information content (AvgIpc) is 3.98. The molecule has 2 aliphatic carbocycles. The number of rotatable bonds is 4. The standard InChI is InChI=1S/C62H55NO2/c1-59(2,3)37-32-47-46-29-31-51-55(58(46)65-57(47)53(33-37)60(4,5)6)48-34-39(27-30-50(48)61(51,7)8)63(40-26-28-43-42-16-11-13-20-49(42)62(9,10)52(43)35-40)38-24-22-36(23-25-38)41-18-15-19-45-44-17-12-14-21-54(44)64-56(41)45/h11-35H,1-10H3. The molecule has 12 rings (SSSR count). The average molecular weight is 846 g/mol. The van der Waals surface area contributed by atoms with E-state index in [4.69, 9.17) is 8.83 Å². The first kappa shape index (κ1) is 39.7. The minimum atomic E-state index is -0.215.